The molecule has 3 nitrogen and oxygen atoms in total. The summed E-state index contributed by atoms with van der Waals surface area (Å²) in [6.45, 7) is 3.45. The third-order valence-corrected chi connectivity index (χ3v) is 6.02. The van der Waals surface area contributed by atoms with E-state index in [4.69, 9.17) is 0 Å². The Morgan fingerprint density at radius 3 is 2.38 bits per heavy atom. The largest absolute Gasteiger partial charge is 0.378 e. The molecule has 2 aliphatic heterocycles. The van der Waals surface area contributed by atoms with Gasteiger partial charge in [-0.2, -0.15) is 0 Å². The molecule has 2 aliphatic rings. The van der Waals surface area contributed by atoms with Gasteiger partial charge in [0.15, 0.2) is 0 Å². The summed E-state index contributed by atoms with van der Waals surface area (Å²) in [4.78, 5) is 7.64. The first kappa shape index (κ1) is 17.6. The topological polar surface area (TPSA) is 9.72 Å². The van der Waals surface area contributed by atoms with Crippen molar-refractivity contribution in [2.45, 2.75) is 44.4 Å². The number of fused-ring (bicyclic) bond motifs is 1. The molecule has 4 rings (SSSR count). The first-order valence-electron chi connectivity index (χ1n) is 10.0. The van der Waals surface area contributed by atoms with E-state index in [9.17, 15) is 0 Å². The molecular weight excluding hydrogens is 318 g/mol. The summed E-state index contributed by atoms with van der Waals surface area (Å²) >= 11 is 0. The zero-order valence-electron chi connectivity index (χ0n) is 16.1. The number of hydrogen-bond donors (Lipinski definition) is 0. The third-order valence-electron chi connectivity index (χ3n) is 6.02. The van der Waals surface area contributed by atoms with E-state index in [0.29, 0.717) is 6.17 Å². The summed E-state index contributed by atoms with van der Waals surface area (Å²) in [5.74, 6) is 0. The number of rotatable bonds is 4. The fourth-order valence-electron chi connectivity index (χ4n) is 4.63. The Labute approximate surface area is 158 Å². The summed E-state index contributed by atoms with van der Waals surface area (Å²) in [7, 11) is 4.22. The maximum Gasteiger partial charge on any atom is 0.0891 e. The smallest absolute Gasteiger partial charge is 0.0891 e. The van der Waals surface area contributed by atoms with Crippen LogP contribution in [0.5, 0.6) is 0 Å². The second-order valence-corrected chi connectivity index (χ2v) is 7.99. The van der Waals surface area contributed by atoms with Crippen molar-refractivity contribution in [1.82, 2.24) is 9.80 Å². The maximum atomic E-state index is 2.78. The van der Waals surface area contributed by atoms with Crippen LogP contribution in [0.2, 0.25) is 0 Å². The molecule has 2 fully saturated rings. The lowest BCUT2D eigenvalue weighted by atomic mass is 9.93. The molecule has 0 bridgehead atoms. The minimum atomic E-state index is 0.408. The van der Waals surface area contributed by atoms with Crippen molar-refractivity contribution in [3.05, 3.63) is 65.7 Å². The van der Waals surface area contributed by atoms with Gasteiger partial charge in [-0.05, 0) is 42.5 Å². The lowest BCUT2D eigenvalue weighted by Crippen LogP contribution is -2.54. The van der Waals surface area contributed by atoms with Gasteiger partial charge < -0.3 is 4.90 Å². The molecular formula is C23H31N3. The molecule has 138 valence electrons. The maximum absolute atomic E-state index is 2.78. The molecule has 2 saturated heterocycles. The molecule has 0 N–H and O–H groups in total. The van der Waals surface area contributed by atoms with Crippen LogP contribution in [-0.4, -0.2) is 43.0 Å². The number of benzene rings is 2. The predicted molar refractivity (Wildman–Crippen MR) is 109 cm³/mol. The molecule has 3 heteroatoms. The van der Waals surface area contributed by atoms with Crippen LogP contribution in [0.1, 0.15) is 43.0 Å². The monoisotopic (exact) mass is 349 g/mol. The molecule has 0 spiro atoms. The van der Waals surface area contributed by atoms with E-state index < -0.39 is 0 Å². The van der Waals surface area contributed by atoms with Gasteiger partial charge in [0.2, 0.25) is 0 Å². The first-order valence-corrected chi connectivity index (χ1v) is 10.0. The van der Waals surface area contributed by atoms with Gasteiger partial charge >= 0.3 is 0 Å². The van der Waals surface area contributed by atoms with Crippen molar-refractivity contribution in [3.63, 3.8) is 0 Å². The van der Waals surface area contributed by atoms with Gasteiger partial charge in [0.1, 0.15) is 0 Å². The molecule has 2 heterocycles. The van der Waals surface area contributed by atoms with Crippen molar-refractivity contribution in [1.29, 1.82) is 0 Å². The van der Waals surface area contributed by atoms with Gasteiger partial charge in [-0.1, -0.05) is 48.9 Å². The van der Waals surface area contributed by atoms with Crippen molar-refractivity contribution < 1.29 is 0 Å². The van der Waals surface area contributed by atoms with Crippen molar-refractivity contribution in [3.8, 4) is 0 Å². The molecule has 0 radical (unpaired) electrons. The van der Waals surface area contributed by atoms with Gasteiger partial charge in [-0.3, -0.25) is 9.80 Å². The highest BCUT2D eigenvalue weighted by atomic mass is 15.4. The van der Waals surface area contributed by atoms with Gasteiger partial charge in [0.05, 0.1) is 6.17 Å². The summed E-state index contributed by atoms with van der Waals surface area (Å²) in [6.07, 6.45) is 5.81. The van der Waals surface area contributed by atoms with E-state index in [2.05, 4.69) is 83.4 Å². The van der Waals surface area contributed by atoms with E-state index in [-0.39, 0.29) is 0 Å². The quantitative estimate of drug-likeness (QED) is 0.804. The number of piperidine rings is 1. The fourth-order valence-corrected chi connectivity index (χ4v) is 4.63. The Hall–Kier alpha value is -1.84. The van der Waals surface area contributed by atoms with E-state index in [1.807, 2.05) is 0 Å². The predicted octanol–water partition coefficient (Wildman–Crippen LogP) is 4.51. The van der Waals surface area contributed by atoms with Gasteiger partial charge in [0.25, 0.3) is 0 Å². The fraction of sp³-hybridized carbons (Fsp3) is 0.478. The highest BCUT2D eigenvalue weighted by Gasteiger charge is 2.37. The Balaban J connectivity index is 1.63. The number of hydrogen-bond acceptors (Lipinski definition) is 3. The van der Waals surface area contributed by atoms with Crippen LogP contribution in [0.15, 0.2) is 54.6 Å². The second kappa shape index (κ2) is 7.81. The molecule has 0 aromatic heterocycles. The van der Waals surface area contributed by atoms with E-state index in [0.717, 1.165) is 12.6 Å². The SMILES string of the molecule is CN(C)c1ccc(C2N(Cc3ccccc3)CCC3CCCCN32)cc1. The molecule has 26 heavy (non-hydrogen) atoms. The summed E-state index contributed by atoms with van der Waals surface area (Å²) in [5, 5.41) is 0. The number of anilines is 1. The van der Waals surface area contributed by atoms with Gasteiger partial charge in [0, 0.05) is 45.5 Å². The van der Waals surface area contributed by atoms with Crippen molar-refractivity contribution in [2.75, 3.05) is 32.1 Å². The van der Waals surface area contributed by atoms with E-state index in [1.54, 1.807) is 0 Å². The van der Waals surface area contributed by atoms with Crippen molar-refractivity contribution in [2.24, 2.45) is 0 Å². The lowest BCUT2D eigenvalue weighted by Gasteiger charge is -2.51. The van der Waals surface area contributed by atoms with Crippen LogP contribution in [0.3, 0.4) is 0 Å². The van der Waals surface area contributed by atoms with Crippen LogP contribution in [0, 0.1) is 0 Å². The molecule has 0 aliphatic carbocycles. The van der Waals surface area contributed by atoms with E-state index in [1.165, 1.54) is 55.6 Å². The average molecular weight is 350 g/mol. The Kier molecular flexibility index (Phi) is 5.28. The Bertz CT molecular complexity index is 695. The van der Waals surface area contributed by atoms with Crippen molar-refractivity contribution >= 4 is 5.69 Å². The molecule has 0 amide bonds. The summed E-state index contributed by atoms with van der Waals surface area (Å²) in [5.41, 5.74) is 4.13. The second-order valence-electron chi connectivity index (χ2n) is 7.99. The standard InChI is InChI=1S/C23H31N3/c1-24(2)21-13-11-20(12-14-21)23-25(18-19-8-4-3-5-9-19)17-15-22-10-6-7-16-26(22)23/h3-5,8-9,11-14,22-23H,6-7,10,15-18H2,1-2H3. The Morgan fingerprint density at radius 1 is 0.885 bits per heavy atom. The van der Waals surface area contributed by atoms with Gasteiger partial charge in [-0.15, -0.1) is 0 Å². The highest BCUT2D eigenvalue weighted by Crippen LogP contribution is 2.38. The molecule has 2 atom stereocenters. The summed E-state index contributed by atoms with van der Waals surface area (Å²) < 4.78 is 0. The zero-order valence-corrected chi connectivity index (χ0v) is 16.1. The van der Waals surface area contributed by atoms with Crippen LogP contribution in [-0.2, 0) is 6.54 Å². The normalized spacial score (nSPS) is 24.2. The van der Waals surface area contributed by atoms with Crippen LogP contribution >= 0.6 is 0 Å². The van der Waals surface area contributed by atoms with Crippen LogP contribution in [0.25, 0.3) is 0 Å². The number of nitrogens with zero attached hydrogens (tertiary/aromatic N) is 3. The molecule has 2 aromatic carbocycles. The molecule has 2 unspecified atom stereocenters. The van der Waals surface area contributed by atoms with E-state index >= 15 is 0 Å². The Morgan fingerprint density at radius 2 is 1.65 bits per heavy atom. The first-order chi connectivity index (χ1) is 12.7. The highest BCUT2D eigenvalue weighted by molar-refractivity contribution is 5.46. The average Bonchev–Trinajstić information content (AvgIpc) is 2.69. The lowest BCUT2D eigenvalue weighted by molar-refractivity contribution is -0.0566. The molecule has 0 saturated carbocycles. The zero-order chi connectivity index (χ0) is 17.9. The summed E-state index contributed by atoms with van der Waals surface area (Å²) in [6, 6.07) is 20.9. The van der Waals surface area contributed by atoms with Crippen LogP contribution in [0.4, 0.5) is 5.69 Å². The minimum absolute atomic E-state index is 0.408. The van der Waals surface area contributed by atoms with Crippen LogP contribution < -0.4 is 4.90 Å². The minimum Gasteiger partial charge on any atom is -0.378 e. The molecule has 2 aromatic rings. The third kappa shape index (κ3) is 3.65. The van der Waals surface area contributed by atoms with Gasteiger partial charge in [-0.25, -0.2) is 0 Å².